The molecule has 5 heteroatoms. The molecule has 1 saturated carbocycles. The lowest BCUT2D eigenvalue weighted by Crippen LogP contribution is -2.08. The molecule has 1 aliphatic rings. The van der Waals surface area contributed by atoms with Gasteiger partial charge in [-0.3, -0.25) is 0 Å². The number of anilines is 1. The Morgan fingerprint density at radius 2 is 1.82 bits per heavy atom. The molecule has 0 atom stereocenters. The average Bonchev–Trinajstić information content (AvgIpc) is 2.56. The van der Waals surface area contributed by atoms with Crippen LogP contribution in [0.1, 0.15) is 54.1 Å². The van der Waals surface area contributed by atoms with E-state index in [2.05, 4.69) is 22.1 Å². The van der Waals surface area contributed by atoms with Gasteiger partial charge in [-0.25, -0.2) is 14.8 Å². The van der Waals surface area contributed by atoms with E-state index in [0.717, 1.165) is 5.56 Å². The zero-order valence-corrected chi connectivity index (χ0v) is 12.3. The molecule has 5 nitrogen and oxygen atoms in total. The van der Waals surface area contributed by atoms with Crippen LogP contribution < -0.4 is 5.73 Å². The zero-order chi connectivity index (χ0) is 15.5. The van der Waals surface area contributed by atoms with Crippen LogP contribution in [0, 0.1) is 0 Å². The highest BCUT2D eigenvalue weighted by Crippen LogP contribution is 2.33. The Labute approximate surface area is 129 Å². The van der Waals surface area contributed by atoms with E-state index in [1.807, 2.05) is 12.1 Å². The molecular weight excluding hydrogens is 278 g/mol. The summed E-state index contributed by atoms with van der Waals surface area (Å²) < 4.78 is 0. The molecule has 0 saturated heterocycles. The lowest BCUT2D eigenvalue weighted by atomic mass is 9.84. The molecule has 22 heavy (non-hydrogen) atoms. The van der Waals surface area contributed by atoms with Crippen LogP contribution in [0.25, 0.3) is 11.3 Å². The third-order valence-electron chi connectivity index (χ3n) is 4.29. The van der Waals surface area contributed by atoms with Crippen LogP contribution in [-0.4, -0.2) is 21.0 Å². The Kier molecular flexibility index (Phi) is 4.04. The van der Waals surface area contributed by atoms with Crippen LogP contribution in [0.3, 0.4) is 0 Å². The second-order valence-electron chi connectivity index (χ2n) is 5.75. The molecule has 114 valence electrons. The van der Waals surface area contributed by atoms with Crippen molar-refractivity contribution in [3.63, 3.8) is 0 Å². The molecule has 0 spiro atoms. The second kappa shape index (κ2) is 6.13. The van der Waals surface area contributed by atoms with E-state index in [1.54, 1.807) is 0 Å². The number of hydrogen-bond acceptors (Lipinski definition) is 4. The molecule has 3 N–H and O–H groups in total. The summed E-state index contributed by atoms with van der Waals surface area (Å²) in [6.07, 6.45) is 7.97. The molecular formula is C17H19N3O2. The van der Waals surface area contributed by atoms with E-state index < -0.39 is 5.97 Å². The Hall–Kier alpha value is -2.43. The fraction of sp³-hybridized carbons (Fsp3) is 0.353. The normalized spacial score (nSPS) is 15.6. The quantitative estimate of drug-likeness (QED) is 0.905. The summed E-state index contributed by atoms with van der Waals surface area (Å²) in [5.41, 5.74) is 8.07. The fourth-order valence-electron chi connectivity index (χ4n) is 3.06. The minimum Gasteiger partial charge on any atom is -0.476 e. The first-order valence-corrected chi connectivity index (χ1v) is 7.61. The Morgan fingerprint density at radius 3 is 2.45 bits per heavy atom. The maximum absolute atomic E-state index is 11.1. The number of nitrogen functional groups attached to an aromatic ring is 1. The molecule has 1 fully saturated rings. The number of hydrogen-bond donors (Lipinski definition) is 2. The second-order valence-corrected chi connectivity index (χ2v) is 5.75. The average molecular weight is 297 g/mol. The number of carboxylic acid groups (broad SMARTS) is 1. The highest BCUT2D eigenvalue weighted by molar-refractivity contribution is 5.90. The summed E-state index contributed by atoms with van der Waals surface area (Å²) in [4.78, 5) is 19.1. The van der Waals surface area contributed by atoms with E-state index in [1.165, 1.54) is 43.9 Å². The SMILES string of the molecule is Nc1ncc(-c2ccc(C3CCCCC3)cc2)nc1C(=O)O. The number of carboxylic acids is 1. The van der Waals surface area contributed by atoms with E-state index in [0.29, 0.717) is 11.6 Å². The van der Waals surface area contributed by atoms with Crippen molar-refractivity contribution < 1.29 is 9.90 Å². The predicted octanol–water partition coefficient (Wildman–Crippen LogP) is 3.47. The molecule has 0 amide bonds. The molecule has 0 unspecified atom stereocenters. The molecule has 1 aromatic carbocycles. The topological polar surface area (TPSA) is 89.1 Å². The lowest BCUT2D eigenvalue weighted by Gasteiger charge is -2.22. The number of aromatic nitrogens is 2. The maximum Gasteiger partial charge on any atom is 0.358 e. The van der Waals surface area contributed by atoms with Crippen molar-refractivity contribution in [2.45, 2.75) is 38.0 Å². The molecule has 0 aliphatic heterocycles. The van der Waals surface area contributed by atoms with E-state index in [9.17, 15) is 4.79 Å². The third-order valence-corrected chi connectivity index (χ3v) is 4.29. The maximum atomic E-state index is 11.1. The van der Waals surface area contributed by atoms with Gasteiger partial charge in [-0.2, -0.15) is 0 Å². The first-order valence-electron chi connectivity index (χ1n) is 7.61. The van der Waals surface area contributed by atoms with Gasteiger partial charge < -0.3 is 10.8 Å². The largest absolute Gasteiger partial charge is 0.476 e. The number of aromatic carboxylic acids is 1. The van der Waals surface area contributed by atoms with Crippen molar-refractivity contribution in [2.75, 3.05) is 5.73 Å². The minimum atomic E-state index is -1.16. The van der Waals surface area contributed by atoms with Crippen molar-refractivity contribution >= 4 is 11.8 Å². The summed E-state index contributed by atoms with van der Waals surface area (Å²) in [5, 5.41) is 9.07. The van der Waals surface area contributed by atoms with Crippen molar-refractivity contribution in [3.05, 3.63) is 41.7 Å². The van der Waals surface area contributed by atoms with Gasteiger partial charge >= 0.3 is 5.97 Å². The van der Waals surface area contributed by atoms with Gasteiger partial charge in [-0.1, -0.05) is 43.5 Å². The number of carbonyl (C=O) groups is 1. The number of nitrogens with zero attached hydrogens (tertiary/aromatic N) is 2. The number of benzene rings is 1. The highest BCUT2D eigenvalue weighted by atomic mass is 16.4. The first-order chi connectivity index (χ1) is 10.6. The molecule has 2 aromatic rings. The van der Waals surface area contributed by atoms with Gasteiger partial charge in [0.05, 0.1) is 11.9 Å². The van der Waals surface area contributed by atoms with Crippen molar-refractivity contribution in [2.24, 2.45) is 0 Å². The molecule has 1 heterocycles. The fourth-order valence-corrected chi connectivity index (χ4v) is 3.06. The molecule has 0 bridgehead atoms. The Bertz CT molecular complexity index is 677. The summed E-state index contributed by atoms with van der Waals surface area (Å²) >= 11 is 0. The standard InChI is InChI=1S/C17H19N3O2/c18-16-15(17(21)22)20-14(10-19-16)13-8-6-12(7-9-13)11-4-2-1-3-5-11/h6-11H,1-5H2,(H2,18,19)(H,21,22). The van der Waals surface area contributed by atoms with Crippen molar-refractivity contribution in [1.82, 2.24) is 9.97 Å². The number of rotatable bonds is 3. The van der Waals surface area contributed by atoms with Gasteiger partial charge in [0, 0.05) is 5.56 Å². The van der Waals surface area contributed by atoms with E-state index in [4.69, 9.17) is 10.8 Å². The van der Waals surface area contributed by atoms with Crippen LogP contribution in [0.2, 0.25) is 0 Å². The van der Waals surface area contributed by atoms with Crippen molar-refractivity contribution in [3.8, 4) is 11.3 Å². The summed E-state index contributed by atoms with van der Waals surface area (Å²) in [5.74, 6) is -0.573. The minimum absolute atomic E-state index is 0.0601. The monoisotopic (exact) mass is 297 g/mol. The van der Waals surface area contributed by atoms with Crippen molar-refractivity contribution in [1.29, 1.82) is 0 Å². The van der Waals surface area contributed by atoms with Gasteiger partial charge in [0.25, 0.3) is 0 Å². The molecule has 1 aromatic heterocycles. The molecule has 3 rings (SSSR count). The first kappa shape index (κ1) is 14.5. The Morgan fingerprint density at radius 1 is 1.14 bits per heavy atom. The van der Waals surface area contributed by atoms with Crippen LogP contribution in [0.4, 0.5) is 5.82 Å². The van der Waals surface area contributed by atoms with Gasteiger partial charge in [-0.05, 0) is 24.3 Å². The predicted molar refractivity (Wildman–Crippen MR) is 84.7 cm³/mol. The lowest BCUT2D eigenvalue weighted by molar-refractivity contribution is 0.0691. The van der Waals surface area contributed by atoms with Crippen LogP contribution in [0.5, 0.6) is 0 Å². The van der Waals surface area contributed by atoms with E-state index >= 15 is 0 Å². The smallest absolute Gasteiger partial charge is 0.358 e. The molecule has 1 aliphatic carbocycles. The van der Waals surface area contributed by atoms with Gasteiger partial charge in [0.2, 0.25) is 0 Å². The summed E-state index contributed by atoms with van der Waals surface area (Å²) in [7, 11) is 0. The highest BCUT2D eigenvalue weighted by Gasteiger charge is 2.16. The van der Waals surface area contributed by atoms with E-state index in [-0.39, 0.29) is 11.5 Å². The van der Waals surface area contributed by atoms with Crippen LogP contribution in [-0.2, 0) is 0 Å². The summed E-state index contributed by atoms with van der Waals surface area (Å²) in [6.45, 7) is 0. The van der Waals surface area contributed by atoms with Gasteiger partial charge in [-0.15, -0.1) is 0 Å². The number of nitrogens with two attached hydrogens (primary N) is 1. The van der Waals surface area contributed by atoms with Crippen LogP contribution in [0.15, 0.2) is 30.5 Å². The third kappa shape index (κ3) is 2.93. The van der Waals surface area contributed by atoms with Gasteiger partial charge in [0.1, 0.15) is 0 Å². The Balaban J connectivity index is 1.86. The molecule has 0 radical (unpaired) electrons. The van der Waals surface area contributed by atoms with Gasteiger partial charge in [0.15, 0.2) is 11.5 Å². The zero-order valence-electron chi connectivity index (χ0n) is 12.3. The van der Waals surface area contributed by atoms with Crippen LogP contribution >= 0.6 is 0 Å². The summed E-state index contributed by atoms with van der Waals surface area (Å²) in [6, 6.07) is 8.19.